The van der Waals surface area contributed by atoms with E-state index in [9.17, 15) is 20.4 Å². The second kappa shape index (κ2) is 8.51. The quantitative estimate of drug-likeness (QED) is 0.535. The molecule has 2 aliphatic rings. The van der Waals surface area contributed by atoms with Gasteiger partial charge in [0.1, 0.15) is 30.5 Å². The second-order valence-electron chi connectivity index (χ2n) is 7.19. The molecule has 0 aliphatic carbocycles. The van der Waals surface area contributed by atoms with Gasteiger partial charge in [-0.05, 0) is 41.6 Å². The highest BCUT2D eigenvalue weighted by Crippen LogP contribution is 2.42. The number of aliphatic hydroxyl groups excluding tert-OH is 4. The minimum Gasteiger partial charge on any atom is -0.454 e. The predicted octanol–water partition coefficient (Wildman–Crippen LogP) is 1.24. The molecule has 0 radical (unpaired) electrons. The molecule has 0 bridgehead atoms. The van der Waals surface area contributed by atoms with Crippen LogP contribution in [0.5, 0.6) is 11.5 Å². The van der Waals surface area contributed by atoms with Crippen molar-refractivity contribution in [3.63, 3.8) is 0 Å². The molecule has 4 rings (SSSR count). The number of hydrogen-bond donors (Lipinski definition) is 4. The molecule has 8 heteroatoms. The SMILES string of the molecule is CSc1ccc(Cc2cc(C3OC(CO)C(O)C(O)C3O)cc3c2OCO3)cc1. The van der Waals surface area contributed by atoms with Crippen LogP contribution >= 0.6 is 11.8 Å². The van der Waals surface area contributed by atoms with Crippen molar-refractivity contribution in [2.24, 2.45) is 0 Å². The smallest absolute Gasteiger partial charge is 0.231 e. The zero-order valence-electron chi connectivity index (χ0n) is 15.9. The third-order valence-electron chi connectivity index (χ3n) is 5.35. The molecule has 156 valence electrons. The van der Waals surface area contributed by atoms with Gasteiger partial charge in [-0.15, -0.1) is 11.8 Å². The van der Waals surface area contributed by atoms with Gasteiger partial charge in [-0.3, -0.25) is 0 Å². The van der Waals surface area contributed by atoms with Crippen LogP contribution in [0.2, 0.25) is 0 Å². The van der Waals surface area contributed by atoms with Gasteiger partial charge in [0, 0.05) is 16.9 Å². The molecule has 2 aromatic rings. The molecule has 2 heterocycles. The highest BCUT2D eigenvalue weighted by molar-refractivity contribution is 7.98. The van der Waals surface area contributed by atoms with E-state index in [0.29, 0.717) is 23.5 Å². The summed E-state index contributed by atoms with van der Waals surface area (Å²) in [6, 6.07) is 11.8. The molecular formula is C21H24O7S. The Bertz CT molecular complexity index is 855. The van der Waals surface area contributed by atoms with E-state index in [1.165, 1.54) is 4.90 Å². The van der Waals surface area contributed by atoms with Crippen LogP contribution < -0.4 is 9.47 Å². The van der Waals surface area contributed by atoms with Crippen LogP contribution in [0.1, 0.15) is 22.8 Å². The lowest BCUT2D eigenvalue weighted by molar-refractivity contribution is -0.231. The maximum atomic E-state index is 10.5. The predicted molar refractivity (Wildman–Crippen MR) is 106 cm³/mol. The van der Waals surface area contributed by atoms with Crippen LogP contribution in [0.15, 0.2) is 41.3 Å². The lowest BCUT2D eigenvalue weighted by atomic mass is 9.89. The number of aliphatic hydroxyl groups is 4. The van der Waals surface area contributed by atoms with Gasteiger partial charge < -0.3 is 34.6 Å². The van der Waals surface area contributed by atoms with Gasteiger partial charge in [0.2, 0.25) is 6.79 Å². The molecule has 4 N–H and O–H groups in total. The fourth-order valence-electron chi connectivity index (χ4n) is 3.74. The monoisotopic (exact) mass is 420 g/mol. The Morgan fingerprint density at radius 3 is 2.45 bits per heavy atom. The molecule has 0 aromatic heterocycles. The fourth-order valence-corrected chi connectivity index (χ4v) is 4.15. The standard InChI is InChI=1S/C21H24O7S/c1-29-14-4-2-11(3-5-14)6-12-7-13(8-15-20(12)27-10-26-15)21-19(25)18(24)17(23)16(9-22)28-21/h2-5,7-8,16-19,21-25H,6,9-10H2,1H3. The van der Waals surface area contributed by atoms with E-state index >= 15 is 0 Å². The lowest BCUT2D eigenvalue weighted by Gasteiger charge is -2.40. The summed E-state index contributed by atoms with van der Waals surface area (Å²) in [4.78, 5) is 1.17. The van der Waals surface area contributed by atoms with Crippen molar-refractivity contribution in [2.45, 2.75) is 41.8 Å². The minimum absolute atomic E-state index is 0.103. The largest absolute Gasteiger partial charge is 0.454 e. The Morgan fingerprint density at radius 2 is 1.76 bits per heavy atom. The number of ether oxygens (including phenoxy) is 3. The molecular weight excluding hydrogens is 396 g/mol. The van der Waals surface area contributed by atoms with Crippen molar-refractivity contribution < 1.29 is 34.6 Å². The molecule has 5 atom stereocenters. The Morgan fingerprint density at radius 1 is 1.00 bits per heavy atom. The van der Waals surface area contributed by atoms with Gasteiger partial charge in [0.25, 0.3) is 0 Å². The zero-order valence-corrected chi connectivity index (χ0v) is 16.7. The maximum absolute atomic E-state index is 10.5. The van der Waals surface area contributed by atoms with Gasteiger partial charge in [-0.25, -0.2) is 0 Å². The average molecular weight is 420 g/mol. The molecule has 0 amide bonds. The van der Waals surface area contributed by atoms with Crippen molar-refractivity contribution in [1.29, 1.82) is 0 Å². The summed E-state index contributed by atoms with van der Waals surface area (Å²) >= 11 is 1.67. The molecule has 0 spiro atoms. The van der Waals surface area contributed by atoms with Gasteiger partial charge in [-0.2, -0.15) is 0 Å². The van der Waals surface area contributed by atoms with Gasteiger partial charge in [-0.1, -0.05) is 12.1 Å². The van der Waals surface area contributed by atoms with Crippen molar-refractivity contribution in [3.8, 4) is 11.5 Å². The number of hydrogen-bond acceptors (Lipinski definition) is 8. The summed E-state index contributed by atoms with van der Waals surface area (Å²) < 4.78 is 16.9. The van der Waals surface area contributed by atoms with Crippen molar-refractivity contribution in [2.75, 3.05) is 19.7 Å². The number of fused-ring (bicyclic) bond motifs is 1. The third kappa shape index (κ3) is 3.96. The van der Waals surface area contributed by atoms with Crippen LogP contribution in [0.4, 0.5) is 0 Å². The summed E-state index contributed by atoms with van der Waals surface area (Å²) in [5.74, 6) is 1.18. The normalized spacial score (nSPS) is 28.5. The van der Waals surface area contributed by atoms with Gasteiger partial charge in [0.15, 0.2) is 11.5 Å². The molecule has 2 aliphatic heterocycles. The number of rotatable bonds is 5. The summed E-state index contributed by atoms with van der Waals surface area (Å²) in [6.45, 7) is -0.369. The van der Waals surface area contributed by atoms with E-state index in [2.05, 4.69) is 24.3 Å². The van der Waals surface area contributed by atoms with Crippen LogP contribution in [0.3, 0.4) is 0 Å². The Hall–Kier alpha value is -1.81. The summed E-state index contributed by atoms with van der Waals surface area (Å²) in [5, 5.41) is 40.1. The second-order valence-corrected chi connectivity index (χ2v) is 8.07. The lowest BCUT2D eigenvalue weighted by Crippen LogP contribution is -2.55. The summed E-state index contributed by atoms with van der Waals surface area (Å²) in [5.41, 5.74) is 2.54. The topological polar surface area (TPSA) is 109 Å². The highest BCUT2D eigenvalue weighted by Gasteiger charge is 2.44. The zero-order chi connectivity index (χ0) is 20.5. The minimum atomic E-state index is -1.43. The van der Waals surface area contributed by atoms with E-state index in [1.54, 1.807) is 17.8 Å². The first-order chi connectivity index (χ1) is 14.0. The molecule has 1 saturated heterocycles. The Kier molecular flexibility index (Phi) is 6.00. The average Bonchev–Trinajstić information content (AvgIpc) is 3.22. The first-order valence-corrected chi connectivity index (χ1v) is 10.6. The molecule has 1 fully saturated rings. The Balaban J connectivity index is 1.67. The molecule has 7 nitrogen and oxygen atoms in total. The number of benzene rings is 2. The third-order valence-corrected chi connectivity index (χ3v) is 6.09. The van der Waals surface area contributed by atoms with Crippen LogP contribution in [-0.2, 0) is 11.2 Å². The van der Waals surface area contributed by atoms with E-state index < -0.39 is 37.1 Å². The first-order valence-electron chi connectivity index (χ1n) is 9.37. The fraction of sp³-hybridized carbons (Fsp3) is 0.429. The molecule has 5 unspecified atom stereocenters. The van der Waals surface area contributed by atoms with Crippen molar-refractivity contribution >= 4 is 11.8 Å². The van der Waals surface area contributed by atoms with Crippen LogP contribution in [-0.4, -0.2) is 64.5 Å². The molecule has 2 aromatic carbocycles. The maximum Gasteiger partial charge on any atom is 0.231 e. The molecule has 29 heavy (non-hydrogen) atoms. The molecule has 0 saturated carbocycles. The van der Waals surface area contributed by atoms with Crippen molar-refractivity contribution in [1.82, 2.24) is 0 Å². The van der Waals surface area contributed by atoms with E-state index in [1.807, 2.05) is 12.3 Å². The van der Waals surface area contributed by atoms with E-state index in [-0.39, 0.29) is 6.79 Å². The van der Waals surface area contributed by atoms with Gasteiger partial charge in [0.05, 0.1) is 6.61 Å². The Labute approximate surface area is 172 Å². The van der Waals surface area contributed by atoms with Crippen LogP contribution in [0.25, 0.3) is 0 Å². The van der Waals surface area contributed by atoms with Crippen molar-refractivity contribution in [3.05, 3.63) is 53.1 Å². The van der Waals surface area contributed by atoms with E-state index in [0.717, 1.165) is 11.1 Å². The number of thioether (sulfide) groups is 1. The van der Waals surface area contributed by atoms with Gasteiger partial charge >= 0.3 is 0 Å². The van der Waals surface area contributed by atoms with Crippen LogP contribution in [0, 0.1) is 0 Å². The summed E-state index contributed by atoms with van der Waals surface area (Å²) in [6.07, 6.45) is -3.44. The highest BCUT2D eigenvalue weighted by atomic mass is 32.2. The first kappa shape index (κ1) is 20.5. The summed E-state index contributed by atoms with van der Waals surface area (Å²) in [7, 11) is 0. The van der Waals surface area contributed by atoms with E-state index in [4.69, 9.17) is 14.2 Å².